The average Bonchev–Trinajstić information content (AvgIpc) is 2.94. The maximum atomic E-state index is 12.4. The summed E-state index contributed by atoms with van der Waals surface area (Å²) >= 11 is 4.30. The molecule has 1 heterocycles. The molecule has 0 spiro atoms. The van der Waals surface area contributed by atoms with Crippen LogP contribution in [-0.2, 0) is 4.79 Å². The van der Waals surface area contributed by atoms with Crippen molar-refractivity contribution in [1.82, 2.24) is 9.36 Å². The van der Waals surface area contributed by atoms with Gasteiger partial charge in [-0.25, -0.2) is 0 Å². The average molecular weight is 355 g/mol. The summed E-state index contributed by atoms with van der Waals surface area (Å²) in [6.07, 6.45) is 0.732. The standard InChI is InChI=1S/C14H18N4OS3/c1-3-11(21-10-7-5-9(15)6-8-10)12(19)16-13-17-14(18-22-13)20-4-2/h5-8,11H,3-4,15H2,1-2H3,(H,16,17,18,19). The van der Waals surface area contributed by atoms with Gasteiger partial charge in [0.15, 0.2) is 0 Å². The van der Waals surface area contributed by atoms with Gasteiger partial charge in [0.1, 0.15) is 0 Å². The first-order valence-electron chi connectivity index (χ1n) is 6.92. The summed E-state index contributed by atoms with van der Waals surface area (Å²) in [5, 5.41) is 3.94. The molecule has 5 nitrogen and oxygen atoms in total. The number of carbonyl (C=O) groups excluding carboxylic acids is 1. The Morgan fingerprint density at radius 2 is 2.09 bits per heavy atom. The first-order chi connectivity index (χ1) is 10.6. The van der Waals surface area contributed by atoms with Crippen LogP contribution in [0.2, 0.25) is 0 Å². The molecule has 1 aromatic heterocycles. The second-order valence-electron chi connectivity index (χ2n) is 4.39. The monoisotopic (exact) mass is 354 g/mol. The third-order valence-electron chi connectivity index (χ3n) is 2.73. The summed E-state index contributed by atoms with van der Waals surface area (Å²) in [5.41, 5.74) is 6.39. The molecule has 2 aromatic rings. The second kappa shape index (κ2) is 8.40. The number of hydrogen-bond acceptors (Lipinski definition) is 7. The predicted molar refractivity (Wildman–Crippen MR) is 95.7 cm³/mol. The first kappa shape index (κ1) is 17.1. The molecular weight excluding hydrogens is 336 g/mol. The van der Waals surface area contributed by atoms with Crippen molar-refractivity contribution in [1.29, 1.82) is 0 Å². The largest absolute Gasteiger partial charge is 0.399 e. The van der Waals surface area contributed by atoms with Crippen molar-refractivity contribution in [2.45, 2.75) is 35.6 Å². The molecule has 0 aliphatic heterocycles. The van der Waals surface area contributed by atoms with Gasteiger partial charge in [-0.05, 0) is 36.4 Å². The molecular formula is C14H18N4OS3. The number of nitrogens with one attached hydrogen (secondary N) is 1. The maximum absolute atomic E-state index is 12.4. The number of benzene rings is 1. The minimum atomic E-state index is -0.171. The highest BCUT2D eigenvalue weighted by molar-refractivity contribution is 8.00. The van der Waals surface area contributed by atoms with E-state index in [1.807, 2.05) is 38.1 Å². The van der Waals surface area contributed by atoms with Gasteiger partial charge in [0.25, 0.3) is 0 Å². The summed E-state index contributed by atoms with van der Waals surface area (Å²) in [7, 11) is 0. The first-order valence-corrected chi connectivity index (χ1v) is 9.55. The van der Waals surface area contributed by atoms with Gasteiger partial charge in [-0.2, -0.15) is 9.36 Å². The number of amides is 1. The molecule has 8 heteroatoms. The molecule has 0 aliphatic rings. The molecule has 0 fully saturated rings. The molecule has 1 aromatic carbocycles. The van der Waals surface area contributed by atoms with Gasteiger partial charge in [-0.3, -0.25) is 10.1 Å². The van der Waals surface area contributed by atoms with Crippen molar-refractivity contribution in [2.75, 3.05) is 16.8 Å². The number of aromatic nitrogens is 2. The quantitative estimate of drug-likeness (QED) is 0.582. The lowest BCUT2D eigenvalue weighted by molar-refractivity contribution is -0.115. The smallest absolute Gasteiger partial charge is 0.239 e. The van der Waals surface area contributed by atoms with E-state index in [1.54, 1.807) is 11.8 Å². The van der Waals surface area contributed by atoms with Crippen LogP contribution in [0.5, 0.6) is 0 Å². The minimum Gasteiger partial charge on any atom is -0.399 e. The number of nitrogens with zero attached hydrogens (tertiary/aromatic N) is 2. The number of anilines is 2. The summed E-state index contributed by atoms with van der Waals surface area (Å²) in [4.78, 5) is 17.7. The van der Waals surface area contributed by atoms with Gasteiger partial charge in [0.2, 0.25) is 16.2 Å². The molecule has 1 atom stereocenters. The number of hydrogen-bond donors (Lipinski definition) is 2. The van der Waals surface area contributed by atoms with E-state index in [9.17, 15) is 4.79 Å². The number of thioether (sulfide) groups is 2. The molecule has 0 aliphatic carbocycles. The Bertz CT molecular complexity index is 615. The van der Waals surface area contributed by atoms with E-state index in [1.165, 1.54) is 23.3 Å². The van der Waals surface area contributed by atoms with E-state index in [0.29, 0.717) is 10.3 Å². The Balaban J connectivity index is 1.97. The van der Waals surface area contributed by atoms with Gasteiger partial charge < -0.3 is 5.73 Å². The Kier molecular flexibility index (Phi) is 6.53. The number of carbonyl (C=O) groups is 1. The van der Waals surface area contributed by atoms with Crippen LogP contribution < -0.4 is 11.1 Å². The van der Waals surface area contributed by atoms with Crippen LogP contribution in [0.15, 0.2) is 34.3 Å². The highest BCUT2D eigenvalue weighted by atomic mass is 32.2. The molecule has 0 bridgehead atoms. The molecule has 1 amide bonds. The Hall–Kier alpha value is -1.25. The van der Waals surface area contributed by atoms with Crippen LogP contribution in [-0.4, -0.2) is 26.3 Å². The molecule has 1 unspecified atom stereocenters. The Morgan fingerprint density at radius 3 is 2.73 bits per heavy atom. The fourth-order valence-electron chi connectivity index (χ4n) is 1.67. The minimum absolute atomic E-state index is 0.0477. The molecule has 0 radical (unpaired) electrons. The lowest BCUT2D eigenvalue weighted by atomic mass is 10.3. The Labute approximate surface area is 142 Å². The van der Waals surface area contributed by atoms with Gasteiger partial charge in [-0.15, -0.1) is 11.8 Å². The number of nitrogens with two attached hydrogens (primary N) is 1. The summed E-state index contributed by atoms with van der Waals surface area (Å²) in [5.74, 6) is 0.864. The topological polar surface area (TPSA) is 80.9 Å². The van der Waals surface area contributed by atoms with E-state index >= 15 is 0 Å². The summed E-state index contributed by atoms with van der Waals surface area (Å²) in [6.45, 7) is 4.04. The van der Waals surface area contributed by atoms with Crippen molar-refractivity contribution >= 4 is 51.8 Å². The van der Waals surface area contributed by atoms with Crippen molar-refractivity contribution in [3.05, 3.63) is 24.3 Å². The highest BCUT2D eigenvalue weighted by Crippen LogP contribution is 2.28. The number of nitrogen functional groups attached to an aromatic ring is 1. The van der Waals surface area contributed by atoms with Gasteiger partial charge in [-0.1, -0.05) is 25.6 Å². The Morgan fingerprint density at radius 1 is 1.36 bits per heavy atom. The van der Waals surface area contributed by atoms with Crippen LogP contribution in [0.25, 0.3) is 0 Å². The molecule has 22 heavy (non-hydrogen) atoms. The molecule has 118 valence electrons. The summed E-state index contributed by atoms with van der Waals surface area (Å²) < 4.78 is 4.20. The van der Waals surface area contributed by atoms with E-state index in [4.69, 9.17) is 5.73 Å². The van der Waals surface area contributed by atoms with Crippen molar-refractivity contribution in [2.24, 2.45) is 0 Å². The lowest BCUT2D eigenvalue weighted by Crippen LogP contribution is -2.24. The van der Waals surface area contributed by atoms with Gasteiger partial charge >= 0.3 is 0 Å². The molecule has 0 saturated carbocycles. The van der Waals surface area contributed by atoms with Crippen LogP contribution in [0, 0.1) is 0 Å². The lowest BCUT2D eigenvalue weighted by Gasteiger charge is -2.13. The van der Waals surface area contributed by atoms with Crippen LogP contribution in [0.4, 0.5) is 10.8 Å². The third-order valence-corrected chi connectivity index (χ3v) is 5.58. The van der Waals surface area contributed by atoms with Gasteiger partial charge in [0.05, 0.1) is 5.25 Å². The van der Waals surface area contributed by atoms with Crippen LogP contribution >= 0.6 is 35.1 Å². The zero-order valence-corrected chi connectivity index (χ0v) is 14.9. The maximum Gasteiger partial charge on any atom is 0.239 e. The van der Waals surface area contributed by atoms with E-state index < -0.39 is 0 Å². The highest BCUT2D eigenvalue weighted by Gasteiger charge is 2.19. The zero-order valence-electron chi connectivity index (χ0n) is 12.4. The van der Waals surface area contributed by atoms with Crippen molar-refractivity contribution < 1.29 is 4.79 Å². The normalized spacial score (nSPS) is 12.1. The second-order valence-corrected chi connectivity index (χ2v) is 7.65. The molecule has 0 saturated heterocycles. The van der Waals surface area contributed by atoms with E-state index in [2.05, 4.69) is 14.7 Å². The fourth-order valence-corrected chi connectivity index (χ4v) is 3.90. The molecule has 3 N–H and O–H groups in total. The fraction of sp³-hybridized carbons (Fsp3) is 0.357. The summed E-state index contributed by atoms with van der Waals surface area (Å²) in [6, 6.07) is 7.53. The predicted octanol–water partition coefficient (Wildman–Crippen LogP) is 3.74. The zero-order chi connectivity index (χ0) is 15.9. The van der Waals surface area contributed by atoms with Crippen molar-refractivity contribution in [3.8, 4) is 0 Å². The SMILES string of the molecule is CCSc1nsc(NC(=O)C(CC)Sc2ccc(N)cc2)n1. The van der Waals surface area contributed by atoms with E-state index in [0.717, 1.165) is 22.8 Å². The van der Waals surface area contributed by atoms with Crippen LogP contribution in [0.3, 0.4) is 0 Å². The number of rotatable bonds is 7. The van der Waals surface area contributed by atoms with Crippen molar-refractivity contribution in [3.63, 3.8) is 0 Å². The third kappa shape index (κ3) is 4.89. The molecule has 2 rings (SSSR count). The van der Waals surface area contributed by atoms with Crippen LogP contribution in [0.1, 0.15) is 20.3 Å². The van der Waals surface area contributed by atoms with E-state index in [-0.39, 0.29) is 11.2 Å². The van der Waals surface area contributed by atoms with Gasteiger partial charge in [0, 0.05) is 22.1 Å².